The molecule has 3 aliphatic rings. The van der Waals surface area contributed by atoms with Crippen molar-refractivity contribution in [1.82, 2.24) is 9.80 Å². The first-order valence-electron chi connectivity index (χ1n) is 11.5. The lowest BCUT2D eigenvalue weighted by Gasteiger charge is -2.46. The summed E-state index contributed by atoms with van der Waals surface area (Å²) in [6.45, 7) is 8.10. The fourth-order valence-electron chi connectivity index (χ4n) is 5.88. The van der Waals surface area contributed by atoms with Gasteiger partial charge < -0.3 is 19.4 Å². The predicted octanol–water partition coefficient (Wildman–Crippen LogP) is 3.96. The molecule has 164 valence electrons. The van der Waals surface area contributed by atoms with Gasteiger partial charge in [-0.1, -0.05) is 12.1 Å². The lowest BCUT2D eigenvalue weighted by atomic mass is 9.93. The van der Waals surface area contributed by atoms with E-state index in [4.69, 9.17) is 4.74 Å². The molecule has 6 nitrogen and oxygen atoms in total. The summed E-state index contributed by atoms with van der Waals surface area (Å²) in [6, 6.07) is 9.71. The number of nitrogens with zero attached hydrogens (tertiary/aromatic N) is 3. The first-order chi connectivity index (χ1) is 14.5. The van der Waals surface area contributed by atoms with Crippen LogP contribution in [0.3, 0.4) is 0 Å². The van der Waals surface area contributed by atoms with Crippen molar-refractivity contribution in [3.05, 3.63) is 29.8 Å². The average Bonchev–Trinajstić information content (AvgIpc) is 2.98. The predicted molar refractivity (Wildman–Crippen MR) is 118 cm³/mol. The summed E-state index contributed by atoms with van der Waals surface area (Å²) in [5.74, 6) is 0.125. The van der Waals surface area contributed by atoms with Crippen molar-refractivity contribution >= 4 is 17.7 Å². The summed E-state index contributed by atoms with van der Waals surface area (Å²) in [4.78, 5) is 31.4. The highest BCUT2D eigenvalue weighted by molar-refractivity contribution is 5.92. The smallest absolute Gasteiger partial charge is 0.410 e. The van der Waals surface area contributed by atoms with Gasteiger partial charge in [0, 0.05) is 49.9 Å². The van der Waals surface area contributed by atoms with E-state index in [2.05, 4.69) is 24.0 Å². The Labute approximate surface area is 180 Å². The number of ether oxygens (including phenoxy) is 1. The van der Waals surface area contributed by atoms with Gasteiger partial charge in [-0.3, -0.25) is 4.79 Å². The maximum Gasteiger partial charge on any atom is 0.410 e. The summed E-state index contributed by atoms with van der Waals surface area (Å²) in [7, 11) is 0. The third-order valence-corrected chi connectivity index (χ3v) is 7.19. The van der Waals surface area contributed by atoms with Crippen molar-refractivity contribution in [3.8, 4) is 0 Å². The van der Waals surface area contributed by atoms with Crippen LogP contribution >= 0.6 is 0 Å². The van der Waals surface area contributed by atoms with Crippen LogP contribution in [0.2, 0.25) is 0 Å². The van der Waals surface area contributed by atoms with Crippen molar-refractivity contribution in [2.45, 2.75) is 83.5 Å². The van der Waals surface area contributed by atoms with E-state index in [-0.39, 0.29) is 18.0 Å². The Kier molecular flexibility index (Phi) is 6.32. The molecule has 3 fully saturated rings. The maximum atomic E-state index is 12.4. The van der Waals surface area contributed by atoms with Crippen LogP contribution in [0, 0.1) is 6.92 Å². The van der Waals surface area contributed by atoms with Crippen LogP contribution < -0.4 is 4.90 Å². The number of piperidine rings is 2. The van der Waals surface area contributed by atoms with Gasteiger partial charge >= 0.3 is 6.09 Å². The molecule has 0 aliphatic carbocycles. The van der Waals surface area contributed by atoms with Gasteiger partial charge in [0.25, 0.3) is 0 Å². The number of carbonyl (C=O) groups excluding carboxylic acids is 2. The topological polar surface area (TPSA) is 53.1 Å². The molecule has 6 heteroatoms. The van der Waals surface area contributed by atoms with Gasteiger partial charge in [-0.2, -0.15) is 0 Å². The third-order valence-electron chi connectivity index (χ3n) is 7.19. The molecule has 3 aliphatic heterocycles. The van der Waals surface area contributed by atoms with Crippen LogP contribution in [0.25, 0.3) is 0 Å². The van der Waals surface area contributed by atoms with Crippen LogP contribution in [-0.4, -0.2) is 65.7 Å². The minimum atomic E-state index is -0.127. The van der Waals surface area contributed by atoms with E-state index in [0.717, 1.165) is 57.3 Å². The second-order valence-electron chi connectivity index (χ2n) is 9.11. The molecule has 0 saturated carbocycles. The minimum Gasteiger partial charge on any atom is -0.450 e. The second kappa shape index (κ2) is 8.96. The van der Waals surface area contributed by atoms with E-state index >= 15 is 0 Å². The standard InChI is InChI=1S/C24H35N3O3/c1-4-30-24(29)27-21-8-9-22(27)16-23(15-21)25-12-10-19(11-13-25)26(18(3)28)20-7-5-6-17(2)14-20/h5-7,14,19,21-23H,4,8-13,15-16H2,1-3H3. The monoisotopic (exact) mass is 413 g/mol. The molecule has 2 unspecified atom stereocenters. The summed E-state index contributed by atoms with van der Waals surface area (Å²) in [5, 5.41) is 0. The van der Waals surface area contributed by atoms with Crippen LogP contribution in [0.5, 0.6) is 0 Å². The number of benzene rings is 1. The molecule has 0 spiro atoms. The number of carbonyl (C=O) groups is 2. The van der Waals surface area contributed by atoms with Gasteiger partial charge in [0.1, 0.15) is 0 Å². The number of hydrogen-bond donors (Lipinski definition) is 0. The summed E-state index contributed by atoms with van der Waals surface area (Å²) >= 11 is 0. The van der Waals surface area contributed by atoms with Crippen molar-refractivity contribution in [2.75, 3.05) is 24.6 Å². The van der Waals surface area contributed by atoms with Crippen molar-refractivity contribution in [1.29, 1.82) is 0 Å². The van der Waals surface area contributed by atoms with Crippen molar-refractivity contribution in [2.24, 2.45) is 0 Å². The Bertz CT molecular complexity index is 761. The molecule has 0 radical (unpaired) electrons. The molecule has 2 bridgehead atoms. The van der Waals surface area contributed by atoms with E-state index in [1.165, 1.54) is 5.56 Å². The maximum absolute atomic E-state index is 12.4. The zero-order valence-electron chi connectivity index (χ0n) is 18.5. The molecule has 3 heterocycles. The Morgan fingerprint density at radius 2 is 1.73 bits per heavy atom. The molecule has 1 aromatic rings. The largest absolute Gasteiger partial charge is 0.450 e. The zero-order chi connectivity index (χ0) is 21.3. The summed E-state index contributed by atoms with van der Waals surface area (Å²) in [6.07, 6.45) is 6.17. The van der Waals surface area contributed by atoms with Gasteiger partial charge in [-0.25, -0.2) is 4.79 Å². The Hall–Kier alpha value is -2.08. The van der Waals surface area contributed by atoms with E-state index in [0.29, 0.717) is 24.7 Å². The molecule has 0 aromatic heterocycles. The van der Waals surface area contributed by atoms with E-state index in [1.807, 2.05) is 28.9 Å². The third kappa shape index (κ3) is 4.20. The first-order valence-corrected chi connectivity index (χ1v) is 11.5. The Morgan fingerprint density at radius 3 is 2.30 bits per heavy atom. The van der Waals surface area contributed by atoms with Gasteiger partial charge in [-0.15, -0.1) is 0 Å². The van der Waals surface area contributed by atoms with Gasteiger partial charge in [0.2, 0.25) is 5.91 Å². The average molecular weight is 414 g/mol. The van der Waals surface area contributed by atoms with E-state index < -0.39 is 0 Å². The number of rotatable bonds is 4. The molecule has 30 heavy (non-hydrogen) atoms. The van der Waals surface area contributed by atoms with Crippen LogP contribution in [-0.2, 0) is 9.53 Å². The molecule has 2 amide bonds. The number of amides is 2. The van der Waals surface area contributed by atoms with Crippen LogP contribution in [0.4, 0.5) is 10.5 Å². The number of hydrogen-bond acceptors (Lipinski definition) is 4. The fraction of sp³-hybridized carbons (Fsp3) is 0.667. The normalized spacial score (nSPS) is 27.2. The lowest BCUT2D eigenvalue weighted by molar-refractivity contribution is -0.117. The van der Waals surface area contributed by atoms with Gasteiger partial charge in [0.15, 0.2) is 0 Å². The quantitative estimate of drug-likeness (QED) is 0.750. The molecular weight excluding hydrogens is 378 g/mol. The SMILES string of the molecule is CCOC(=O)N1C2CCC1CC(N1CCC(N(C(C)=O)c3cccc(C)c3)CC1)C2. The molecule has 0 N–H and O–H groups in total. The van der Waals surface area contributed by atoms with Gasteiger partial charge in [-0.05, 0) is 70.1 Å². The molecule has 1 aromatic carbocycles. The number of likely N-dealkylation sites (tertiary alicyclic amines) is 1. The van der Waals surface area contributed by atoms with Crippen LogP contribution in [0.1, 0.15) is 57.9 Å². The van der Waals surface area contributed by atoms with Crippen LogP contribution in [0.15, 0.2) is 24.3 Å². The molecule has 4 rings (SSSR count). The first kappa shape index (κ1) is 21.2. The highest BCUT2D eigenvalue weighted by Crippen LogP contribution is 2.39. The Balaban J connectivity index is 1.37. The number of fused-ring (bicyclic) bond motifs is 2. The minimum absolute atomic E-state index is 0.125. The second-order valence-corrected chi connectivity index (χ2v) is 9.11. The lowest BCUT2D eigenvalue weighted by Crippen LogP contribution is -2.55. The molecular formula is C24H35N3O3. The zero-order valence-corrected chi connectivity index (χ0v) is 18.5. The Morgan fingerprint density at radius 1 is 1.07 bits per heavy atom. The van der Waals surface area contributed by atoms with Crippen molar-refractivity contribution in [3.63, 3.8) is 0 Å². The number of aryl methyl sites for hydroxylation is 1. The highest BCUT2D eigenvalue weighted by Gasteiger charge is 2.45. The summed E-state index contributed by atoms with van der Waals surface area (Å²) in [5.41, 5.74) is 2.20. The highest BCUT2D eigenvalue weighted by atomic mass is 16.6. The molecule has 3 saturated heterocycles. The van der Waals surface area contributed by atoms with Gasteiger partial charge in [0.05, 0.1) is 6.61 Å². The van der Waals surface area contributed by atoms with Crippen molar-refractivity contribution < 1.29 is 14.3 Å². The molecule has 2 atom stereocenters. The van der Waals surface area contributed by atoms with E-state index in [9.17, 15) is 9.59 Å². The van der Waals surface area contributed by atoms with E-state index in [1.54, 1.807) is 6.92 Å². The number of anilines is 1. The summed E-state index contributed by atoms with van der Waals surface area (Å²) < 4.78 is 5.29. The fourth-order valence-corrected chi connectivity index (χ4v) is 5.88.